The second kappa shape index (κ2) is 6.03. The number of rotatable bonds is 3. The third-order valence-corrected chi connectivity index (χ3v) is 4.69. The van der Waals surface area contributed by atoms with Crippen LogP contribution in [0.5, 0.6) is 0 Å². The average Bonchev–Trinajstić information content (AvgIpc) is 2.34. The number of thioether (sulfide) groups is 1. The van der Waals surface area contributed by atoms with Gasteiger partial charge in [0, 0.05) is 15.8 Å². The van der Waals surface area contributed by atoms with Crippen molar-refractivity contribution in [2.24, 2.45) is 0 Å². The van der Waals surface area contributed by atoms with E-state index in [4.69, 9.17) is 28.3 Å². The van der Waals surface area contributed by atoms with Gasteiger partial charge in [-0.3, -0.25) is 4.79 Å². The minimum atomic E-state index is -1.01. The van der Waals surface area contributed by atoms with Crippen molar-refractivity contribution in [1.29, 1.82) is 0 Å². The maximum absolute atomic E-state index is 11.8. The smallest absolute Gasteiger partial charge is 0.327 e. The molecule has 0 aliphatic carbocycles. The zero-order chi connectivity index (χ0) is 14.0. The average molecular weight is 320 g/mol. The van der Waals surface area contributed by atoms with Crippen molar-refractivity contribution in [3.63, 3.8) is 0 Å². The molecule has 102 valence electrons. The first-order valence-electron chi connectivity index (χ1n) is 5.56. The van der Waals surface area contributed by atoms with E-state index in [-0.39, 0.29) is 11.2 Å². The van der Waals surface area contributed by atoms with Crippen LogP contribution in [-0.4, -0.2) is 34.0 Å². The Morgan fingerprint density at radius 2 is 2.21 bits per heavy atom. The van der Waals surface area contributed by atoms with Crippen LogP contribution in [0, 0.1) is 0 Å². The highest BCUT2D eigenvalue weighted by atomic mass is 35.5. The first kappa shape index (κ1) is 14.5. The Kier molecular flexibility index (Phi) is 4.60. The third kappa shape index (κ3) is 3.55. The van der Waals surface area contributed by atoms with Gasteiger partial charge in [0.1, 0.15) is 6.04 Å². The van der Waals surface area contributed by atoms with Gasteiger partial charge in [0.25, 0.3) is 0 Å². The van der Waals surface area contributed by atoms with E-state index >= 15 is 0 Å². The summed E-state index contributed by atoms with van der Waals surface area (Å²) in [5.41, 5.74) is 0.826. The van der Waals surface area contributed by atoms with Crippen LogP contribution in [0.3, 0.4) is 0 Å². The molecule has 7 heteroatoms. The lowest BCUT2D eigenvalue weighted by molar-refractivity contribution is -0.141. The summed E-state index contributed by atoms with van der Waals surface area (Å²) >= 11 is 13.2. The van der Waals surface area contributed by atoms with Gasteiger partial charge in [0.05, 0.1) is 5.25 Å². The Morgan fingerprint density at radius 1 is 1.47 bits per heavy atom. The maximum atomic E-state index is 11.8. The van der Waals surface area contributed by atoms with E-state index in [1.54, 1.807) is 18.2 Å². The van der Waals surface area contributed by atoms with Gasteiger partial charge in [-0.05, 0) is 24.1 Å². The van der Waals surface area contributed by atoms with Crippen molar-refractivity contribution in [3.8, 4) is 0 Å². The van der Waals surface area contributed by atoms with E-state index in [2.05, 4.69) is 5.32 Å². The summed E-state index contributed by atoms with van der Waals surface area (Å²) in [6.07, 6.45) is 0.457. The second-order valence-electron chi connectivity index (χ2n) is 4.16. The molecule has 0 radical (unpaired) electrons. The van der Waals surface area contributed by atoms with Crippen LogP contribution >= 0.6 is 35.0 Å². The van der Waals surface area contributed by atoms with Crippen molar-refractivity contribution in [2.45, 2.75) is 17.7 Å². The molecule has 0 spiro atoms. The zero-order valence-electron chi connectivity index (χ0n) is 9.73. The van der Waals surface area contributed by atoms with E-state index in [0.717, 1.165) is 5.56 Å². The zero-order valence-corrected chi connectivity index (χ0v) is 12.1. The number of carbonyl (C=O) groups excluding carboxylic acids is 1. The standard InChI is InChI=1S/C12H11Cl2NO3S/c13-7-2-1-6(8(14)4-7)3-10-11(16)15-9(5-19-10)12(17)18/h1-2,4,9-10H,3,5H2,(H,15,16)(H,17,18)/t9-,10+/m1/s1. The number of halogens is 2. The van der Waals surface area contributed by atoms with Crippen LogP contribution < -0.4 is 5.32 Å². The van der Waals surface area contributed by atoms with E-state index < -0.39 is 12.0 Å². The molecule has 0 saturated carbocycles. The molecule has 0 unspecified atom stereocenters. The van der Waals surface area contributed by atoms with Crippen LogP contribution in [0.1, 0.15) is 5.56 Å². The van der Waals surface area contributed by atoms with Gasteiger partial charge in [-0.15, -0.1) is 11.8 Å². The van der Waals surface area contributed by atoms with Crippen molar-refractivity contribution >= 4 is 46.8 Å². The Hall–Kier alpha value is -0.910. The minimum absolute atomic E-state index is 0.269. The van der Waals surface area contributed by atoms with E-state index in [0.29, 0.717) is 22.2 Å². The number of benzene rings is 1. The molecule has 4 nitrogen and oxygen atoms in total. The molecule has 1 saturated heterocycles. The Morgan fingerprint density at radius 3 is 2.79 bits per heavy atom. The van der Waals surface area contributed by atoms with Gasteiger partial charge in [-0.2, -0.15) is 0 Å². The highest BCUT2D eigenvalue weighted by Crippen LogP contribution is 2.27. The Balaban J connectivity index is 2.04. The van der Waals surface area contributed by atoms with Crippen LogP contribution in [0.15, 0.2) is 18.2 Å². The highest BCUT2D eigenvalue weighted by molar-refractivity contribution is 8.00. The lowest BCUT2D eigenvalue weighted by Crippen LogP contribution is -2.51. The Bertz CT molecular complexity index is 524. The number of carbonyl (C=O) groups is 2. The molecule has 19 heavy (non-hydrogen) atoms. The molecule has 2 rings (SSSR count). The fourth-order valence-corrected chi connectivity index (χ4v) is 3.42. The molecule has 1 aliphatic rings. The topological polar surface area (TPSA) is 66.4 Å². The molecule has 1 aliphatic heterocycles. The monoisotopic (exact) mass is 319 g/mol. The minimum Gasteiger partial charge on any atom is -0.480 e. The van der Waals surface area contributed by atoms with Crippen LogP contribution in [0.2, 0.25) is 10.0 Å². The first-order valence-corrected chi connectivity index (χ1v) is 7.36. The molecular weight excluding hydrogens is 309 g/mol. The molecule has 1 fully saturated rings. The fourth-order valence-electron chi connectivity index (χ4n) is 1.77. The molecular formula is C12H11Cl2NO3S. The SMILES string of the molecule is O=C1N[C@@H](C(=O)O)CS[C@H]1Cc1ccc(Cl)cc1Cl. The van der Waals surface area contributed by atoms with E-state index in [1.807, 2.05) is 0 Å². The molecule has 2 N–H and O–H groups in total. The molecule has 0 bridgehead atoms. The van der Waals surface area contributed by atoms with E-state index in [1.165, 1.54) is 11.8 Å². The van der Waals surface area contributed by atoms with Crippen LogP contribution in [0.25, 0.3) is 0 Å². The van der Waals surface area contributed by atoms with Gasteiger partial charge in [-0.1, -0.05) is 29.3 Å². The number of hydrogen-bond donors (Lipinski definition) is 2. The largest absolute Gasteiger partial charge is 0.480 e. The van der Waals surface area contributed by atoms with Crippen LogP contribution in [0.4, 0.5) is 0 Å². The molecule has 2 atom stereocenters. The van der Waals surface area contributed by atoms with Crippen molar-refractivity contribution in [2.75, 3.05) is 5.75 Å². The summed E-state index contributed by atoms with van der Waals surface area (Å²) < 4.78 is 0. The number of carboxylic acids is 1. The van der Waals surface area contributed by atoms with Crippen LogP contribution in [-0.2, 0) is 16.0 Å². The van der Waals surface area contributed by atoms with Gasteiger partial charge < -0.3 is 10.4 Å². The van der Waals surface area contributed by atoms with E-state index in [9.17, 15) is 9.59 Å². The molecule has 1 aromatic carbocycles. The van der Waals surface area contributed by atoms with Gasteiger partial charge in [0.15, 0.2) is 0 Å². The number of nitrogens with one attached hydrogen (secondary N) is 1. The number of carboxylic acid groups (broad SMARTS) is 1. The normalized spacial score (nSPS) is 22.9. The summed E-state index contributed by atoms with van der Waals surface area (Å²) in [4.78, 5) is 22.6. The van der Waals surface area contributed by atoms with Gasteiger partial charge in [-0.25, -0.2) is 4.79 Å². The predicted molar refractivity (Wildman–Crippen MR) is 76.0 cm³/mol. The lowest BCUT2D eigenvalue weighted by atomic mass is 10.1. The molecule has 1 heterocycles. The van der Waals surface area contributed by atoms with Gasteiger partial charge >= 0.3 is 5.97 Å². The maximum Gasteiger partial charge on any atom is 0.327 e. The number of amides is 1. The summed E-state index contributed by atoms with van der Waals surface area (Å²) in [5.74, 6) is -0.921. The number of hydrogen-bond acceptors (Lipinski definition) is 3. The summed E-state index contributed by atoms with van der Waals surface area (Å²) in [6, 6.07) is 4.31. The molecule has 1 amide bonds. The van der Waals surface area contributed by atoms with Gasteiger partial charge in [0.2, 0.25) is 5.91 Å². The summed E-state index contributed by atoms with van der Waals surface area (Å²) in [7, 11) is 0. The second-order valence-corrected chi connectivity index (χ2v) is 6.24. The fraction of sp³-hybridized carbons (Fsp3) is 0.333. The molecule has 1 aromatic rings. The van der Waals surface area contributed by atoms with Crippen molar-refractivity contribution in [3.05, 3.63) is 33.8 Å². The van der Waals surface area contributed by atoms with Crippen molar-refractivity contribution < 1.29 is 14.7 Å². The summed E-state index contributed by atoms with van der Waals surface area (Å²) in [5, 5.41) is 12.1. The summed E-state index contributed by atoms with van der Waals surface area (Å²) in [6.45, 7) is 0. The predicted octanol–water partition coefficient (Wildman–Crippen LogP) is 2.22. The van der Waals surface area contributed by atoms with Crippen molar-refractivity contribution in [1.82, 2.24) is 5.32 Å². The quantitative estimate of drug-likeness (QED) is 0.896. The molecule has 0 aromatic heterocycles. The Labute approximate surface area is 124 Å². The first-order chi connectivity index (χ1) is 8.97. The lowest BCUT2D eigenvalue weighted by Gasteiger charge is -2.26. The highest BCUT2D eigenvalue weighted by Gasteiger charge is 2.32. The third-order valence-electron chi connectivity index (χ3n) is 2.79. The number of aliphatic carboxylic acids is 1.